The molecule has 0 aromatic carbocycles. The fourth-order valence-corrected chi connectivity index (χ4v) is 12.4. The highest BCUT2D eigenvalue weighted by Crippen LogP contribution is 2.35. The molecule has 0 bridgehead atoms. The summed E-state index contributed by atoms with van der Waals surface area (Å²) in [4.78, 5) is 13.5. The number of carbonyl (C=O) groups excluding carboxylic acids is 1. The molecule has 4 aliphatic rings. The summed E-state index contributed by atoms with van der Waals surface area (Å²) in [6, 6.07) is -1.02. The van der Waals surface area contributed by atoms with Crippen molar-refractivity contribution < 1.29 is 114 Å². The van der Waals surface area contributed by atoms with Crippen molar-refractivity contribution in [3.63, 3.8) is 0 Å². The predicted molar refractivity (Wildman–Crippen MR) is 342 cm³/mol. The molecule has 92 heavy (non-hydrogen) atoms. The van der Waals surface area contributed by atoms with Crippen molar-refractivity contribution in [2.45, 2.75) is 367 Å². The minimum Gasteiger partial charge on any atom is -0.394 e. The number of nitrogens with one attached hydrogen (secondary N) is 1. The second-order valence-electron chi connectivity index (χ2n) is 26.0. The van der Waals surface area contributed by atoms with Gasteiger partial charge in [0.05, 0.1) is 45.2 Å². The third kappa shape index (κ3) is 29.3. The number of aliphatic hydroxyl groups is 14. The van der Waals surface area contributed by atoms with Crippen molar-refractivity contribution in [1.82, 2.24) is 5.32 Å². The van der Waals surface area contributed by atoms with Gasteiger partial charge in [-0.1, -0.05) is 205 Å². The molecular weight excluding hydrogens is 1200 g/mol. The number of rotatable bonds is 51. The third-order valence-corrected chi connectivity index (χ3v) is 18.4. The van der Waals surface area contributed by atoms with Crippen LogP contribution in [-0.4, -0.2) is 245 Å². The van der Waals surface area contributed by atoms with E-state index in [9.17, 15) is 76.3 Å². The molecule has 4 aliphatic heterocycles. The van der Waals surface area contributed by atoms with Gasteiger partial charge in [0.2, 0.25) is 5.91 Å². The molecule has 0 aromatic rings. The molecule has 1 amide bonds. The minimum atomic E-state index is -2.10. The molecular formula is C68H125NO23. The van der Waals surface area contributed by atoms with Crippen LogP contribution in [0.15, 0.2) is 24.3 Å². The predicted octanol–water partition coefficient (Wildman–Crippen LogP) is 4.54. The SMILES string of the molecule is CCCCCCCC/C=C\CCCCCCCCCCCCCCCC(=O)N[C@@H](CO[C@@H]1OC(CO)[C@@H](O[C@@H]2OC(CO)[C@H](O)[C@H](O[C@H]3OC(CO)[C@H](O)[C@H](O[C@H]4OC(CO)[C@H](O)[C@H](O)C4O)C3O)C2O)[C@H](O)C1O)[C@H](O)/C=C/CCCCCCCCCCCCC. The molecule has 4 rings (SSSR count). The fraction of sp³-hybridized carbons (Fsp3) is 0.926. The molecule has 4 heterocycles. The maximum atomic E-state index is 13.5. The Hall–Kier alpha value is -1.93. The molecule has 22 atom stereocenters. The summed E-state index contributed by atoms with van der Waals surface area (Å²) in [5, 5.41) is 155. The van der Waals surface area contributed by atoms with Gasteiger partial charge in [0.25, 0.3) is 0 Å². The van der Waals surface area contributed by atoms with Crippen LogP contribution >= 0.6 is 0 Å². The normalized spacial score (nSPS) is 32.8. The molecule has 8 unspecified atom stereocenters. The van der Waals surface area contributed by atoms with Crippen molar-refractivity contribution in [3.05, 3.63) is 24.3 Å². The summed E-state index contributed by atoms with van der Waals surface area (Å²) in [6.07, 6.45) is 9.87. The van der Waals surface area contributed by atoms with E-state index in [1.165, 1.54) is 154 Å². The summed E-state index contributed by atoms with van der Waals surface area (Å²) in [7, 11) is 0. The van der Waals surface area contributed by atoms with E-state index < -0.39 is 168 Å². The molecule has 4 saturated heterocycles. The standard InChI is InChI=1S/C68H125NO23/c1-3-5-7-9-11-13-15-17-18-19-20-21-22-23-24-25-26-28-30-32-34-36-38-40-52(75)69-46(47(74)39-37-35-33-31-29-27-16-14-12-10-8-6-4-2)45-85-65-59(82)57(80)62(51(44-73)89-65)90-67-60(83)64(55(78)49(42-71)87-67)92-68-61(84)63(54(77)50(43-72)88-68)91-66-58(81)56(79)53(76)48(41-70)86-66/h17-18,37,39,46-51,53-68,70-74,76-84H,3-16,19-36,38,40-45H2,1-2H3,(H,69,75)/b18-17-,39-37+/t46-,47+,48?,49?,50?,51?,53-,54-,55-,56-,57+,58?,59?,60?,61?,62+,63-,64-,65+,66+,67-,68+/m0/s1. The lowest BCUT2D eigenvalue weighted by atomic mass is 9.95. The van der Waals surface area contributed by atoms with Crippen LogP contribution in [0.5, 0.6) is 0 Å². The Labute approximate surface area is 548 Å². The van der Waals surface area contributed by atoms with Crippen molar-refractivity contribution >= 4 is 5.91 Å². The Kier molecular flexibility index (Phi) is 43.7. The highest BCUT2D eigenvalue weighted by molar-refractivity contribution is 5.76. The Morgan fingerprint density at radius 3 is 1.13 bits per heavy atom. The van der Waals surface area contributed by atoms with Gasteiger partial charge in [-0.2, -0.15) is 0 Å². The van der Waals surface area contributed by atoms with Crippen LogP contribution < -0.4 is 5.32 Å². The molecule has 0 aromatic heterocycles. The minimum absolute atomic E-state index is 0.213. The number of carbonyl (C=O) groups is 1. The third-order valence-electron chi connectivity index (χ3n) is 18.4. The van der Waals surface area contributed by atoms with Gasteiger partial charge in [-0.15, -0.1) is 0 Å². The first-order valence-electron chi connectivity index (χ1n) is 35.6. The van der Waals surface area contributed by atoms with Crippen LogP contribution in [-0.2, 0) is 42.7 Å². The van der Waals surface area contributed by atoms with Gasteiger partial charge in [0, 0.05) is 6.42 Å². The van der Waals surface area contributed by atoms with Gasteiger partial charge in [0.15, 0.2) is 25.2 Å². The monoisotopic (exact) mass is 1320 g/mol. The second kappa shape index (κ2) is 48.7. The zero-order valence-corrected chi connectivity index (χ0v) is 55.5. The van der Waals surface area contributed by atoms with Crippen molar-refractivity contribution in [2.24, 2.45) is 0 Å². The molecule has 24 heteroatoms. The number of amides is 1. The Bertz CT molecular complexity index is 1890. The summed E-state index contributed by atoms with van der Waals surface area (Å²) in [6.45, 7) is 0.528. The lowest BCUT2D eigenvalue weighted by Crippen LogP contribution is -2.67. The Balaban J connectivity index is 1.28. The molecule has 0 aliphatic carbocycles. The van der Waals surface area contributed by atoms with Crippen molar-refractivity contribution in [3.8, 4) is 0 Å². The van der Waals surface area contributed by atoms with E-state index in [-0.39, 0.29) is 12.3 Å². The molecule has 540 valence electrons. The number of unbranched alkanes of at least 4 members (excludes halogenated alkanes) is 30. The van der Waals surface area contributed by atoms with E-state index in [0.29, 0.717) is 12.8 Å². The summed E-state index contributed by atoms with van der Waals surface area (Å²) < 4.78 is 45.9. The van der Waals surface area contributed by atoms with Crippen LogP contribution in [0.25, 0.3) is 0 Å². The average Bonchev–Trinajstić information content (AvgIpc) is 0.817. The zero-order valence-electron chi connectivity index (χ0n) is 55.5. The van der Waals surface area contributed by atoms with Crippen molar-refractivity contribution in [1.29, 1.82) is 0 Å². The zero-order chi connectivity index (χ0) is 67.0. The summed E-state index contributed by atoms with van der Waals surface area (Å²) >= 11 is 0. The topological polar surface area (TPSA) is 386 Å². The highest BCUT2D eigenvalue weighted by atomic mass is 16.8. The van der Waals surface area contributed by atoms with Crippen LogP contribution in [0.2, 0.25) is 0 Å². The number of hydrogen-bond donors (Lipinski definition) is 15. The van der Waals surface area contributed by atoms with Crippen molar-refractivity contribution in [2.75, 3.05) is 33.0 Å². The lowest BCUT2D eigenvalue weighted by molar-refractivity contribution is -0.390. The van der Waals surface area contributed by atoms with Crippen LogP contribution in [0.4, 0.5) is 0 Å². The van der Waals surface area contributed by atoms with E-state index in [1.807, 2.05) is 6.08 Å². The van der Waals surface area contributed by atoms with E-state index in [1.54, 1.807) is 6.08 Å². The Morgan fingerprint density at radius 1 is 0.380 bits per heavy atom. The number of allylic oxidation sites excluding steroid dienone is 3. The molecule has 24 nitrogen and oxygen atoms in total. The second-order valence-corrected chi connectivity index (χ2v) is 26.0. The number of aliphatic hydroxyl groups excluding tert-OH is 14. The first kappa shape index (κ1) is 82.5. The molecule has 4 fully saturated rings. The molecule has 0 spiro atoms. The molecule has 0 radical (unpaired) electrons. The fourth-order valence-electron chi connectivity index (χ4n) is 12.4. The van der Waals surface area contributed by atoms with Gasteiger partial charge < -0.3 is 115 Å². The largest absolute Gasteiger partial charge is 0.394 e. The quantitative estimate of drug-likeness (QED) is 0.0294. The van der Waals surface area contributed by atoms with E-state index in [4.69, 9.17) is 37.9 Å². The van der Waals surface area contributed by atoms with E-state index in [0.717, 1.165) is 44.9 Å². The van der Waals surface area contributed by atoms with Gasteiger partial charge in [-0.3, -0.25) is 4.79 Å². The van der Waals surface area contributed by atoms with Gasteiger partial charge in [-0.25, -0.2) is 0 Å². The summed E-state index contributed by atoms with van der Waals surface area (Å²) in [5.41, 5.74) is 0. The Morgan fingerprint density at radius 2 is 0.717 bits per heavy atom. The number of ether oxygens (including phenoxy) is 8. The smallest absolute Gasteiger partial charge is 0.220 e. The van der Waals surface area contributed by atoms with Crippen LogP contribution in [0.3, 0.4) is 0 Å². The maximum absolute atomic E-state index is 13.5. The molecule has 0 saturated carbocycles. The first-order valence-corrected chi connectivity index (χ1v) is 35.6. The van der Waals surface area contributed by atoms with E-state index in [2.05, 4.69) is 31.3 Å². The van der Waals surface area contributed by atoms with Gasteiger partial charge in [0.1, 0.15) is 97.7 Å². The maximum Gasteiger partial charge on any atom is 0.220 e. The first-order chi connectivity index (χ1) is 44.6. The number of hydrogen-bond acceptors (Lipinski definition) is 23. The average molecular weight is 1320 g/mol. The lowest BCUT2D eigenvalue weighted by Gasteiger charge is -2.49. The van der Waals surface area contributed by atoms with Gasteiger partial charge in [-0.05, 0) is 44.9 Å². The summed E-state index contributed by atoms with van der Waals surface area (Å²) in [5.74, 6) is -0.306. The van der Waals surface area contributed by atoms with Gasteiger partial charge >= 0.3 is 0 Å². The van der Waals surface area contributed by atoms with Crippen LogP contribution in [0, 0.1) is 0 Å². The van der Waals surface area contributed by atoms with Crippen LogP contribution in [0.1, 0.15) is 232 Å². The highest BCUT2D eigenvalue weighted by Gasteiger charge is 2.56. The van der Waals surface area contributed by atoms with E-state index >= 15 is 0 Å². The molecule has 15 N–H and O–H groups in total.